The van der Waals surface area contributed by atoms with Crippen LogP contribution in [0.5, 0.6) is 5.75 Å². The van der Waals surface area contributed by atoms with Crippen molar-refractivity contribution >= 4 is 23.6 Å². The summed E-state index contributed by atoms with van der Waals surface area (Å²) in [6, 6.07) is 15.7. The molecule has 168 valence electrons. The van der Waals surface area contributed by atoms with Gasteiger partial charge in [-0.1, -0.05) is 43.8 Å². The number of carbonyl (C=O) groups excluding carboxylic acids is 2. The highest BCUT2D eigenvalue weighted by Gasteiger charge is 2.20. The van der Waals surface area contributed by atoms with Gasteiger partial charge >= 0.3 is 5.97 Å². The molecule has 0 aliphatic heterocycles. The summed E-state index contributed by atoms with van der Waals surface area (Å²) in [6.45, 7) is 4.09. The second-order valence-corrected chi connectivity index (χ2v) is 8.17. The van der Waals surface area contributed by atoms with Gasteiger partial charge in [0.2, 0.25) is 5.91 Å². The van der Waals surface area contributed by atoms with E-state index in [4.69, 9.17) is 4.74 Å². The average Bonchev–Trinajstić information content (AvgIpc) is 3.24. The van der Waals surface area contributed by atoms with Crippen LogP contribution in [0.3, 0.4) is 0 Å². The van der Waals surface area contributed by atoms with Crippen LogP contribution in [0.15, 0.2) is 53.7 Å². The Morgan fingerprint density at radius 2 is 1.78 bits per heavy atom. The fourth-order valence-electron chi connectivity index (χ4n) is 3.11. The zero-order valence-electron chi connectivity index (χ0n) is 18.5. The minimum atomic E-state index is -0.501. The van der Waals surface area contributed by atoms with Crippen LogP contribution in [-0.4, -0.2) is 53.2 Å². The van der Waals surface area contributed by atoms with Crippen LogP contribution in [0.1, 0.15) is 25.3 Å². The van der Waals surface area contributed by atoms with Crippen molar-refractivity contribution < 1.29 is 19.1 Å². The van der Waals surface area contributed by atoms with Gasteiger partial charge in [0.05, 0.1) is 25.7 Å². The molecule has 0 saturated heterocycles. The van der Waals surface area contributed by atoms with E-state index in [1.807, 2.05) is 47.0 Å². The normalized spacial score (nSPS) is 10.8. The number of esters is 1. The maximum atomic E-state index is 12.2. The van der Waals surface area contributed by atoms with Crippen molar-refractivity contribution in [3.05, 3.63) is 54.1 Å². The van der Waals surface area contributed by atoms with Gasteiger partial charge in [0, 0.05) is 5.56 Å². The third kappa shape index (κ3) is 5.47. The lowest BCUT2D eigenvalue weighted by molar-refractivity contribution is -0.140. The number of aromatic nitrogens is 3. The Balaban J connectivity index is 1.96. The number of hydrogen-bond acceptors (Lipinski definition) is 7. The number of nitrogens with zero attached hydrogens (tertiary/aromatic N) is 3. The smallest absolute Gasteiger partial charge is 0.325 e. The first-order valence-electron chi connectivity index (χ1n) is 10.1. The maximum absolute atomic E-state index is 12.2. The fraction of sp³-hybridized carbons (Fsp3) is 0.304. The van der Waals surface area contributed by atoms with Crippen molar-refractivity contribution in [1.29, 1.82) is 0 Å². The quantitative estimate of drug-likeness (QED) is 0.391. The second kappa shape index (κ2) is 10.8. The molecule has 8 nitrogen and oxygen atoms in total. The van der Waals surface area contributed by atoms with E-state index in [2.05, 4.69) is 40.2 Å². The Labute approximate surface area is 191 Å². The van der Waals surface area contributed by atoms with Crippen LogP contribution >= 0.6 is 11.8 Å². The number of benzene rings is 2. The minimum absolute atomic E-state index is 0.0849. The minimum Gasteiger partial charge on any atom is -0.497 e. The number of hydrogen-bond donors (Lipinski definition) is 1. The number of ether oxygens (including phenoxy) is 2. The predicted molar refractivity (Wildman–Crippen MR) is 123 cm³/mol. The molecule has 1 N–H and O–H groups in total. The molecule has 0 saturated carbocycles. The van der Waals surface area contributed by atoms with Gasteiger partial charge in [-0.2, -0.15) is 0 Å². The van der Waals surface area contributed by atoms with E-state index in [-0.39, 0.29) is 24.1 Å². The molecular formula is C23H26N4O4S. The molecular weight excluding hydrogens is 428 g/mol. The summed E-state index contributed by atoms with van der Waals surface area (Å²) in [5, 5.41) is 11.9. The number of rotatable bonds is 9. The number of para-hydroxylation sites is 1. The van der Waals surface area contributed by atoms with E-state index in [0.717, 1.165) is 22.6 Å². The molecule has 0 aliphatic carbocycles. The second-order valence-electron chi connectivity index (χ2n) is 7.23. The number of carbonyl (C=O) groups is 2. The molecule has 2 aromatic carbocycles. The van der Waals surface area contributed by atoms with Gasteiger partial charge in [0.1, 0.15) is 12.3 Å². The fourth-order valence-corrected chi connectivity index (χ4v) is 3.89. The lowest BCUT2D eigenvalue weighted by Gasteiger charge is -2.17. The Bertz CT molecular complexity index is 1080. The molecule has 1 amide bonds. The van der Waals surface area contributed by atoms with Crippen LogP contribution in [0.25, 0.3) is 17.1 Å². The van der Waals surface area contributed by atoms with E-state index in [1.54, 1.807) is 7.11 Å². The van der Waals surface area contributed by atoms with Crippen molar-refractivity contribution in [1.82, 2.24) is 20.1 Å². The zero-order valence-corrected chi connectivity index (χ0v) is 19.3. The summed E-state index contributed by atoms with van der Waals surface area (Å²) in [5.41, 5.74) is 2.97. The summed E-state index contributed by atoms with van der Waals surface area (Å²) in [5.74, 6) is 0.981. The van der Waals surface area contributed by atoms with E-state index in [0.29, 0.717) is 11.0 Å². The largest absolute Gasteiger partial charge is 0.497 e. The Morgan fingerprint density at radius 3 is 2.44 bits per heavy atom. The van der Waals surface area contributed by atoms with E-state index in [1.165, 1.54) is 18.9 Å². The summed E-state index contributed by atoms with van der Waals surface area (Å²) in [6.07, 6.45) is 0. The molecule has 0 unspecified atom stereocenters. The third-order valence-corrected chi connectivity index (χ3v) is 5.70. The molecule has 0 bridgehead atoms. The standard InChI is InChI=1S/C23H26N4O4S/c1-15(2)18-7-5-6-8-19(18)27-22(16-9-11-17(30-3)12-10-16)25-26-23(27)32-14-20(28)24-13-21(29)31-4/h5-12,15H,13-14H2,1-4H3,(H,24,28). The average molecular weight is 455 g/mol. The number of nitrogens with one attached hydrogen (secondary N) is 1. The van der Waals surface area contributed by atoms with Gasteiger partial charge < -0.3 is 14.8 Å². The topological polar surface area (TPSA) is 95.3 Å². The molecule has 3 rings (SSSR count). The first-order valence-corrected chi connectivity index (χ1v) is 11.1. The van der Waals surface area contributed by atoms with Crippen LogP contribution in [0.2, 0.25) is 0 Å². The van der Waals surface area contributed by atoms with Crippen molar-refractivity contribution in [2.45, 2.75) is 24.9 Å². The van der Waals surface area contributed by atoms with Crippen LogP contribution in [-0.2, 0) is 14.3 Å². The highest BCUT2D eigenvalue weighted by molar-refractivity contribution is 7.99. The predicted octanol–water partition coefficient (Wildman–Crippen LogP) is 3.45. The van der Waals surface area contributed by atoms with E-state index >= 15 is 0 Å². The Hall–Kier alpha value is -3.33. The van der Waals surface area contributed by atoms with Gasteiger partial charge in [-0.15, -0.1) is 10.2 Å². The molecule has 3 aromatic rings. The van der Waals surface area contributed by atoms with Crippen molar-refractivity contribution in [3.8, 4) is 22.8 Å². The summed E-state index contributed by atoms with van der Waals surface area (Å²) < 4.78 is 11.8. The van der Waals surface area contributed by atoms with Crippen LogP contribution in [0.4, 0.5) is 0 Å². The molecule has 0 spiro atoms. The molecule has 0 aliphatic rings. The molecule has 0 atom stereocenters. The van der Waals surface area contributed by atoms with Gasteiger partial charge in [0.25, 0.3) is 0 Å². The summed E-state index contributed by atoms with van der Waals surface area (Å²) in [4.78, 5) is 23.5. The van der Waals surface area contributed by atoms with Crippen molar-refractivity contribution in [2.24, 2.45) is 0 Å². The summed E-state index contributed by atoms with van der Waals surface area (Å²) >= 11 is 1.25. The molecule has 0 radical (unpaired) electrons. The Morgan fingerprint density at radius 1 is 1.06 bits per heavy atom. The van der Waals surface area contributed by atoms with Crippen molar-refractivity contribution in [2.75, 3.05) is 26.5 Å². The van der Waals surface area contributed by atoms with Crippen LogP contribution < -0.4 is 10.1 Å². The SMILES string of the molecule is COC(=O)CNC(=O)CSc1nnc(-c2ccc(OC)cc2)n1-c1ccccc1C(C)C. The van der Waals surface area contributed by atoms with Gasteiger partial charge in [-0.3, -0.25) is 14.2 Å². The first-order chi connectivity index (χ1) is 15.4. The first kappa shape index (κ1) is 23.3. The number of thioether (sulfide) groups is 1. The highest BCUT2D eigenvalue weighted by Crippen LogP contribution is 2.32. The van der Waals surface area contributed by atoms with Crippen LogP contribution in [0, 0.1) is 0 Å². The Kier molecular flexibility index (Phi) is 7.88. The monoisotopic (exact) mass is 454 g/mol. The maximum Gasteiger partial charge on any atom is 0.325 e. The highest BCUT2D eigenvalue weighted by atomic mass is 32.2. The summed E-state index contributed by atoms with van der Waals surface area (Å²) in [7, 11) is 2.90. The van der Waals surface area contributed by atoms with Gasteiger partial charge in [0.15, 0.2) is 11.0 Å². The molecule has 32 heavy (non-hydrogen) atoms. The molecule has 1 heterocycles. The number of amides is 1. The zero-order chi connectivity index (χ0) is 23.1. The van der Waals surface area contributed by atoms with E-state index in [9.17, 15) is 9.59 Å². The van der Waals surface area contributed by atoms with Crippen molar-refractivity contribution in [3.63, 3.8) is 0 Å². The van der Waals surface area contributed by atoms with Gasteiger partial charge in [-0.25, -0.2) is 0 Å². The van der Waals surface area contributed by atoms with Gasteiger partial charge in [-0.05, 0) is 41.8 Å². The third-order valence-electron chi connectivity index (χ3n) is 4.77. The molecule has 1 aromatic heterocycles. The molecule has 9 heteroatoms. The lowest BCUT2D eigenvalue weighted by Crippen LogP contribution is -2.31. The lowest BCUT2D eigenvalue weighted by atomic mass is 10.0. The van der Waals surface area contributed by atoms with E-state index < -0.39 is 5.97 Å². The number of methoxy groups -OCH3 is 2. The molecule has 0 fully saturated rings.